The van der Waals surface area contributed by atoms with Crippen molar-refractivity contribution in [3.8, 4) is 5.75 Å². The molecule has 2 aromatic rings. The van der Waals surface area contributed by atoms with Gasteiger partial charge in [-0.2, -0.15) is 0 Å². The van der Waals surface area contributed by atoms with Gasteiger partial charge in [0.1, 0.15) is 5.75 Å². The Morgan fingerprint density at radius 3 is 2.73 bits per heavy atom. The summed E-state index contributed by atoms with van der Waals surface area (Å²) in [5.74, 6) is 0.900. The van der Waals surface area contributed by atoms with Crippen LogP contribution in [0.3, 0.4) is 0 Å². The number of hydrogen-bond donors (Lipinski definition) is 1. The largest absolute Gasteiger partial charge is 0.494 e. The van der Waals surface area contributed by atoms with Crippen molar-refractivity contribution in [1.82, 2.24) is 0 Å². The van der Waals surface area contributed by atoms with Crippen LogP contribution in [-0.2, 0) is 6.54 Å². The zero-order valence-electron chi connectivity index (χ0n) is 8.86. The first-order chi connectivity index (χ1) is 7.35. The molecule has 0 aliphatic rings. The van der Waals surface area contributed by atoms with Crippen molar-refractivity contribution < 1.29 is 4.74 Å². The third kappa shape index (κ3) is 1.95. The molecular weight excluding hydrogens is 186 g/mol. The molecule has 2 nitrogen and oxygen atoms in total. The van der Waals surface area contributed by atoms with E-state index in [0.29, 0.717) is 13.2 Å². The molecule has 0 radical (unpaired) electrons. The predicted octanol–water partition coefficient (Wildman–Crippen LogP) is 2.70. The Labute approximate surface area is 89.7 Å². The topological polar surface area (TPSA) is 35.2 Å². The molecule has 2 rings (SSSR count). The molecule has 2 aromatic carbocycles. The van der Waals surface area contributed by atoms with Crippen molar-refractivity contribution >= 4 is 10.8 Å². The third-order valence-corrected chi connectivity index (χ3v) is 2.45. The molecule has 0 heterocycles. The summed E-state index contributed by atoms with van der Waals surface area (Å²) in [6, 6.07) is 12.3. The molecular formula is C13H15NO. The van der Waals surface area contributed by atoms with Crippen molar-refractivity contribution in [2.75, 3.05) is 6.61 Å². The van der Waals surface area contributed by atoms with Gasteiger partial charge in [-0.1, -0.05) is 24.3 Å². The van der Waals surface area contributed by atoms with Gasteiger partial charge in [-0.25, -0.2) is 0 Å². The number of ether oxygens (including phenoxy) is 1. The second-order valence-corrected chi connectivity index (χ2v) is 3.44. The monoisotopic (exact) mass is 201 g/mol. The highest BCUT2D eigenvalue weighted by atomic mass is 16.5. The summed E-state index contributed by atoms with van der Waals surface area (Å²) in [7, 11) is 0. The first-order valence-electron chi connectivity index (χ1n) is 5.19. The van der Waals surface area contributed by atoms with Gasteiger partial charge in [0, 0.05) is 6.54 Å². The molecule has 0 unspecified atom stereocenters. The maximum atomic E-state index is 5.73. The highest BCUT2D eigenvalue weighted by Gasteiger charge is 2.02. The fourth-order valence-corrected chi connectivity index (χ4v) is 1.78. The zero-order valence-corrected chi connectivity index (χ0v) is 8.86. The van der Waals surface area contributed by atoms with Crippen LogP contribution < -0.4 is 10.5 Å². The third-order valence-electron chi connectivity index (χ3n) is 2.45. The van der Waals surface area contributed by atoms with Gasteiger partial charge in [-0.15, -0.1) is 0 Å². The summed E-state index contributed by atoms with van der Waals surface area (Å²) in [4.78, 5) is 0. The first-order valence-corrected chi connectivity index (χ1v) is 5.19. The molecule has 2 N–H and O–H groups in total. The molecule has 0 fully saturated rings. The lowest BCUT2D eigenvalue weighted by molar-refractivity contribution is 0.340. The smallest absolute Gasteiger partial charge is 0.120 e. The Bertz CT molecular complexity index is 465. The van der Waals surface area contributed by atoms with Gasteiger partial charge in [0.2, 0.25) is 0 Å². The summed E-state index contributed by atoms with van der Waals surface area (Å²) in [6.45, 7) is 3.21. The van der Waals surface area contributed by atoms with Gasteiger partial charge < -0.3 is 10.5 Å². The van der Waals surface area contributed by atoms with E-state index in [1.807, 2.05) is 25.1 Å². The van der Waals surface area contributed by atoms with E-state index in [0.717, 1.165) is 11.3 Å². The van der Waals surface area contributed by atoms with Gasteiger partial charge >= 0.3 is 0 Å². The predicted molar refractivity (Wildman–Crippen MR) is 63.0 cm³/mol. The van der Waals surface area contributed by atoms with Crippen molar-refractivity contribution in [3.05, 3.63) is 42.0 Å². The zero-order chi connectivity index (χ0) is 10.7. The molecule has 0 atom stereocenters. The molecule has 0 spiro atoms. The lowest BCUT2D eigenvalue weighted by Gasteiger charge is -2.09. The minimum atomic E-state index is 0.543. The van der Waals surface area contributed by atoms with E-state index in [2.05, 4.69) is 18.2 Å². The van der Waals surface area contributed by atoms with Crippen molar-refractivity contribution in [2.45, 2.75) is 13.5 Å². The molecule has 0 amide bonds. The molecule has 0 bridgehead atoms. The molecule has 2 heteroatoms. The van der Waals surface area contributed by atoms with E-state index in [-0.39, 0.29) is 0 Å². The van der Waals surface area contributed by atoms with Gasteiger partial charge in [0.25, 0.3) is 0 Å². The van der Waals surface area contributed by atoms with Crippen LogP contribution in [0.4, 0.5) is 0 Å². The number of rotatable bonds is 3. The van der Waals surface area contributed by atoms with Gasteiger partial charge in [-0.3, -0.25) is 0 Å². The van der Waals surface area contributed by atoms with E-state index in [4.69, 9.17) is 10.5 Å². The van der Waals surface area contributed by atoms with Crippen LogP contribution in [0, 0.1) is 0 Å². The Morgan fingerprint density at radius 1 is 1.20 bits per heavy atom. The number of fused-ring (bicyclic) bond motifs is 1. The lowest BCUT2D eigenvalue weighted by atomic mass is 10.0. The van der Waals surface area contributed by atoms with Crippen LogP contribution >= 0.6 is 0 Å². The Hall–Kier alpha value is -1.54. The average molecular weight is 201 g/mol. The second kappa shape index (κ2) is 4.32. The number of nitrogens with two attached hydrogens (primary N) is 1. The number of benzene rings is 2. The van der Waals surface area contributed by atoms with Crippen LogP contribution in [0.1, 0.15) is 12.5 Å². The van der Waals surface area contributed by atoms with Crippen LogP contribution in [-0.4, -0.2) is 6.61 Å². The summed E-state index contributed by atoms with van der Waals surface area (Å²) in [5, 5.41) is 2.40. The van der Waals surface area contributed by atoms with Crippen LogP contribution in [0.15, 0.2) is 36.4 Å². The van der Waals surface area contributed by atoms with Crippen molar-refractivity contribution in [3.63, 3.8) is 0 Å². The molecule has 15 heavy (non-hydrogen) atoms. The minimum Gasteiger partial charge on any atom is -0.494 e. The van der Waals surface area contributed by atoms with Crippen LogP contribution in [0.25, 0.3) is 10.8 Å². The number of hydrogen-bond acceptors (Lipinski definition) is 2. The van der Waals surface area contributed by atoms with E-state index >= 15 is 0 Å². The van der Waals surface area contributed by atoms with E-state index in [1.165, 1.54) is 10.8 Å². The Kier molecular flexibility index (Phi) is 2.88. The van der Waals surface area contributed by atoms with E-state index in [1.54, 1.807) is 0 Å². The Morgan fingerprint density at radius 2 is 2.00 bits per heavy atom. The normalized spacial score (nSPS) is 10.5. The highest BCUT2D eigenvalue weighted by Crippen LogP contribution is 2.25. The van der Waals surface area contributed by atoms with Crippen molar-refractivity contribution in [1.29, 1.82) is 0 Å². The lowest BCUT2D eigenvalue weighted by Crippen LogP contribution is -1.99. The van der Waals surface area contributed by atoms with Crippen LogP contribution in [0.5, 0.6) is 5.75 Å². The first kappa shape index (κ1) is 9.99. The maximum absolute atomic E-state index is 5.73. The summed E-state index contributed by atoms with van der Waals surface area (Å²) in [6.07, 6.45) is 0. The molecule has 0 aliphatic carbocycles. The van der Waals surface area contributed by atoms with Gasteiger partial charge in [-0.05, 0) is 35.4 Å². The van der Waals surface area contributed by atoms with Crippen molar-refractivity contribution in [2.24, 2.45) is 5.73 Å². The summed E-state index contributed by atoms with van der Waals surface area (Å²) < 4.78 is 5.50. The van der Waals surface area contributed by atoms with E-state index < -0.39 is 0 Å². The molecule has 0 saturated carbocycles. The van der Waals surface area contributed by atoms with Crippen LogP contribution in [0.2, 0.25) is 0 Å². The quantitative estimate of drug-likeness (QED) is 0.828. The van der Waals surface area contributed by atoms with Gasteiger partial charge in [0.05, 0.1) is 6.61 Å². The molecule has 78 valence electrons. The summed E-state index contributed by atoms with van der Waals surface area (Å²) in [5.41, 5.74) is 6.86. The van der Waals surface area contributed by atoms with E-state index in [9.17, 15) is 0 Å². The average Bonchev–Trinajstić information content (AvgIpc) is 2.28. The fraction of sp³-hybridized carbons (Fsp3) is 0.231. The molecule has 0 aromatic heterocycles. The summed E-state index contributed by atoms with van der Waals surface area (Å²) >= 11 is 0. The maximum Gasteiger partial charge on any atom is 0.120 e. The standard InChI is InChI=1S/C13H15NO/c1-2-15-12-7-10-5-3-4-6-13(10)11(8-12)9-14/h3-8H,2,9,14H2,1H3. The van der Waals surface area contributed by atoms with Gasteiger partial charge in [0.15, 0.2) is 0 Å². The SMILES string of the molecule is CCOc1cc(CN)c2ccccc2c1. The highest BCUT2D eigenvalue weighted by molar-refractivity contribution is 5.87. The fourth-order valence-electron chi connectivity index (χ4n) is 1.78. The Balaban J connectivity index is 2.60. The molecule has 0 saturated heterocycles. The second-order valence-electron chi connectivity index (χ2n) is 3.44. The molecule has 0 aliphatic heterocycles. The minimum absolute atomic E-state index is 0.543.